The van der Waals surface area contributed by atoms with Crippen molar-refractivity contribution >= 4 is 17.4 Å². The Labute approximate surface area is 168 Å². The van der Waals surface area contributed by atoms with Gasteiger partial charge in [0, 0.05) is 31.9 Å². The summed E-state index contributed by atoms with van der Waals surface area (Å²) in [5, 5.41) is 3.01. The molecule has 5 nitrogen and oxygen atoms in total. The molecule has 1 aliphatic rings. The van der Waals surface area contributed by atoms with Crippen molar-refractivity contribution in [2.75, 3.05) is 36.4 Å². The maximum Gasteiger partial charge on any atom is 0.322 e. The van der Waals surface area contributed by atoms with E-state index in [9.17, 15) is 4.79 Å². The molecule has 0 radical (unpaired) electrons. The molecule has 3 rings (SSSR count). The molecule has 0 spiro atoms. The van der Waals surface area contributed by atoms with Gasteiger partial charge in [-0.2, -0.15) is 0 Å². The quantitative estimate of drug-likeness (QED) is 0.831. The minimum absolute atomic E-state index is 0.0579. The number of urea groups is 1. The average molecular weight is 382 g/mol. The van der Waals surface area contributed by atoms with Crippen LogP contribution in [0.3, 0.4) is 0 Å². The van der Waals surface area contributed by atoms with Gasteiger partial charge in [-0.3, -0.25) is 0 Å². The van der Waals surface area contributed by atoms with Crippen LogP contribution in [0.15, 0.2) is 36.4 Å². The number of rotatable bonds is 4. The number of benzene rings is 2. The molecule has 0 aliphatic carbocycles. The van der Waals surface area contributed by atoms with Crippen molar-refractivity contribution in [3.8, 4) is 5.75 Å². The smallest absolute Gasteiger partial charge is 0.322 e. The maximum atomic E-state index is 12.8. The molecule has 150 valence electrons. The third kappa shape index (κ3) is 4.58. The Morgan fingerprint density at radius 3 is 2.21 bits per heavy atom. The molecule has 28 heavy (non-hydrogen) atoms. The SMILES string of the molecule is Cc1cc(C)c(N2CCN(C(=O)Nc3ccccc3OC(C)C)CC2)c(C)c1. The van der Waals surface area contributed by atoms with E-state index in [0.717, 1.165) is 13.1 Å². The van der Waals surface area contributed by atoms with Crippen LogP contribution < -0.4 is 15.0 Å². The Balaban J connectivity index is 1.64. The van der Waals surface area contributed by atoms with Gasteiger partial charge in [0.1, 0.15) is 5.75 Å². The lowest BCUT2D eigenvalue weighted by atomic mass is 10.0. The largest absolute Gasteiger partial charge is 0.489 e. The third-order valence-electron chi connectivity index (χ3n) is 5.01. The maximum absolute atomic E-state index is 12.8. The Kier molecular flexibility index (Phi) is 6.12. The molecule has 1 heterocycles. The first-order valence-electron chi connectivity index (χ1n) is 9.99. The van der Waals surface area contributed by atoms with Gasteiger partial charge >= 0.3 is 6.03 Å². The summed E-state index contributed by atoms with van der Waals surface area (Å²) in [5.74, 6) is 0.704. The fourth-order valence-electron chi connectivity index (χ4n) is 3.93. The fraction of sp³-hybridized carbons (Fsp3) is 0.435. The van der Waals surface area contributed by atoms with Gasteiger partial charge in [-0.15, -0.1) is 0 Å². The van der Waals surface area contributed by atoms with Crippen LogP contribution in [0.2, 0.25) is 0 Å². The van der Waals surface area contributed by atoms with Gasteiger partial charge in [-0.05, 0) is 57.9 Å². The zero-order valence-electron chi connectivity index (χ0n) is 17.6. The molecule has 1 N–H and O–H groups in total. The first-order chi connectivity index (χ1) is 13.3. The van der Waals surface area contributed by atoms with Gasteiger partial charge in [0.05, 0.1) is 11.8 Å². The lowest BCUT2D eigenvalue weighted by molar-refractivity contribution is 0.207. The number of carbonyl (C=O) groups is 1. The molecular formula is C23H31N3O2. The molecular weight excluding hydrogens is 350 g/mol. The molecule has 2 amide bonds. The monoisotopic (exact) mass is 381 g/mol. The molecule has 0 atom stereocenters. The molecule has 0 saturated carbocycles. The van der Waals surface area contributed by atoms with E-state index in [1.807, 2.05) is 43.0 Å². The Morgan fingerprint density at radius 1 is 1.00 bits per heavy atom. The van der Waals surface area contributed by atoms with E-state index in [2.05, 4.69) is 43.1 Å². The summed E-state index contributed by atoms with van der Waals surface area (Å²) in [7, 11) is 0. The third-order valence-corrected chi connectivity index (χ3v) is 5.01. The first kappa shape index (κ1) is 20.1. The Bertz CT molecular complexity index is 816. The molecule has 1 aliphatic heterocycles. The second-order valence-electron chi connectivity index (χ2n) is 7.81. The van der Waals surface area contributed by atoms with Crippen molar-refractivity contribution in [2.24, 2.45) is 0 Å². The van der Waals surface area contributed by atoms with Gasteiger partial charge < -0.3 is 19.9 Å². The Hall–Kier alpha value is -2.69. The summed E-state index contributed by atoms with van der Waals surface area (Å²) < 4.78 is 5.80. The average Bonchev–Trinajstić information content (AvgIpc) is 2.62. The van der Waals surface area contributed by atoms with E-state index in [1.54, 1.807) is 0 Å². The van der Waals surface area contributed by atoms with Crippen LogP contribution in [0.5, 0.6) is 5.75 Å². The number of piperazine rings is 1. The van der Waals surface area contributed by atoms with E-state index in [4.69, 9.17) is 4.74 Å². The van der Waals surface area contributed by atoms with Crippen LogP contribution in [0.25, 0.3) is 0 Å². The first-order valence-corrected chi connectivity index (χ1v) is 9.99. The van der Waals surface area contributed by atoms with Gasteiger partial charge in [0.2, 0.25) is 0 Å². The van der Waals surface area contributed by atoms with Crippen LogP contribution >= 0.6 is 0 Å². The second kappa shape index (κ2) is 8.55. The summed E-state index contributed by atoms with van der Waals surface area (Å²) in [4.78, 5) is 17.0. The second-order valence-corrected chi connectivity index (χ2v) is 7.81. The van der Waals surface area contributed by atoms with Crippen LogP contribution in [-0.2, 0) is 0 Å². The van der Waals surface area contributed by atoms with Crippen LogP contribution in [0.1, 0.15) is 30.5 Å². The number of hydrogen-bond acceptors (Lipinski definition) is 3. The number of amides is 2. The van der Waals surface area contributed by atoms with Gasteiger partial charge in [-0.1, -0.05) is 29.8 Å². The molecule has 0 bridgehead atoms. The number of anilines is 2. The zero-order valence-corrected chi connectivity index (χ0v) is 17.6. The number of carbonyl (C=O) groups excluding carboxylic acids is 1. The van der Waals surface area contributed by atoms with Crippen LogP contribution in [0, 0.1) is 20.8 Å². The number of hydrogen-bond donors (Lipinski definition) is 1. The standard InChI is InChI=1S/C23H31N3O2/c1-16(2)28-21-9-7-6-8-20(21)24-23(27)26-12-10-25(11-13-26)22-18(4)14-17(3)15-19(22)5/h6-9,14-16H,10-13H2,1-5H3,(H,24,27). The van der Waals surface area contributed by atoms with Crippen LogP contribution in [0.4, 0.5) is 16.2 Å². The number of para-hydroxylation sites is 2. The minimum Gasteiger partial charge on any atom is -0.489 e. The highest BCUT2D eigenvalue weighted by molar-refractivity contribution is 5.91. The summed E-state index contributed by atoms with van der Waals surface area (Å²) in [6, 6.07) is 12.0. The highest BCUT2D eigenvalue weighted by Crippen LogP contribution is 2.28. The summed E-state index contributed by atoms with van der Waals surface area (Å²) >= 11 is 0. The summed E-state index contributed by atoms with van der Waals surface area (Å²) in [5.41, 5.74) is 5.92. The highest BCUT2D eigenvalue weighted by Gasteiger charge is 2.23. The minimum atomic E-state index is -0.0724. The number of ether oxygens (including phenoxy) is 1. The van der Waals surface area contributed by atoms with Crippen molar-refractivity contribution in [2.45, 2.75) is 40.7 Å². The lowest BCUT2D eigenvalue weighted by Crippen LogP contribution is -2.50. The molecule has 0 unspecified atom stereocenters. The number of nitrogens with zero attached hydrogens (tertiary/aromatic N) is 2. The fourth-order valence-corrected chi connectivity index (χ4v) is 3.93. The van der Waals surface area contributed by atoms with E-state index in [-0.39, 0.29) is 12.1 Å². The topological polar surface area (TPSA) is 44.8 Å². The van der Waals surface area contributed by atoms with Gasteiger partial charge in [0.25, 0.3) is 0 Å². The van der Waals surface area contributed by atoms with Crippen molar-refractivity contribution in [1.29, 1.82) is 0 Å². The highest BCUT2D eigenvalue weighted by atomic mass is 16.5. The predicted molar refractivity (Wildman–Crippen MR) is 116 cm³/mol. The lowest BCUT2D eigenvalue weighted by Gasteiger charge is -2.37. The number of nitrogens with one attached hydrogen (secondary N) is 1. The molecule has 1 saturated heterocycles. The summed E-state index contributed by atoms with van der Waals surface area (Å²) in [6.45, 7) is 13.5. The van der Waals surface area contributed by atoms with Crippen molar-refractivity contribution < 1.29 is 9.53 Å². The normalized spacial score (nSPS) is 14.4. The number of aryl methyl sites for hydroxylation is 3. The van der Waals surface area contributed by atoms with Crippen molar-refractivity contribution in [3.63, 3.8) is 0 Å². The molecule has 0 aromatic heterocycles. The van der Waals surface area contributed by atoms with Crippen LogP contribution in [-0.4, -0.2) is 43.2 Å². The molecule has 2 aromatic rings. The van der Waals surface area contributed by atoms with E-state index in [0.29, 0.717) is 24.5 Å². The molecule has 5 heteroatoms. The van der Waals surface area contributed by atoms with E-state index >= 15 is 0 Å². The molecule has 1 fully saturated rings. The van der Waals surface area contributed by atoms with Gasteiger partial charge in [-0.25, -0.2) is 4.79 Å². The molecule has 2 aromatic carbocycles. The predicted octanol–water partition coefficient (Wildman–Crippen LogP) is 4.75. The van der Waals surface area contributed by atoms with E-state index in [1.165, 1.54) is 22.4 Å². The zero-order chi connectivity index (χ0) is 20.3. The van der Waals surface area contributed by atoms with Gasteiger partial charge in [0.15, 0.2) is 0 Å². The van der Waals surface area contributed by atoms with E-state index < -0.39 is 0 Å². The summed E-state index contributed by atoms with van der Waals surface area (Å²) in [6.07, 6.45) is 0.0579. The van der Waals surface area contributed by atoms with Crippen molar-refractivity contribution in [3.05, 3.63) is 53.1 Å². The van der Waals surface area contributed by atoms with Crippen molar-refractivity contribution in [1.82, 2.24) is 4.90 Å². The Morgan fingerprint density at radius 2 is 1.61 bits per heavy atom.